The lowest BCUT2D eigenvalue weighted by atomic mass is 9.54. The van der Waals surface area contributed by atoms with Gasteiger partial charge in [-0.25, -0.2) is 4.98 Å². The van der Waals surface area contributed by atoms with Crippen molar-refractivity contribution in [2.45, 2.75) is 62.9 Å². The number of rotatable bonds is 7. The van der Waals surface area contributed by atoms with Gasteiger partial charge in [0, 0.05) is 25.6 Å². The number of nitrogens with zero attached hydrogens (tertiary/aromatic N) is 2. The molecule has 5 aliphatic rings. The number of anilines is 1. The van der Waals surface area contributed by atoms with Crippen LogP contribution in [0, 0.1) is 29.6 Å². The molecule has 2 N–H and O–H groups in total. The van der Waals surface area contributed by atoms with E-state index in [0.29, 0.717) is 23.4 Å². The van der Waals surface area contributed by atoms with E-state index in [-0.39, 0.29) is 18.2 Å². The lowest BCUT2D eigenvalue weighted by Crippen LogP contribution is -2.55. The van der Waals surface area contributed by atoms with Crippen molar-refractivity contribution < 1.29 is 14.7 Å². The minimum atomic E-state index is -0.737. The van der Waals surface area contributed by atoms with Crippen LogP contribution in [0.25, 0.3) is 0 Å². The van der Waals surface area contributed by atoms with Gasteiger partial charge in [-0.05, 0) is 86.0 Å². The third kappa shape index (κ3) is 4.30. The summed E-state index contributed by atoms with van der Waals surface area (Å²) in [6.45, 7) is 3.62. The second-order valence-corrected chi connectivity index (χ2v) is 11.3. The Kier molecular flexibility index (Phi) is 5.88. The number of carbonyl (C=O) groups is 2. The van der Waals surface area contributed by atoms with Crippen LogP contribution in [-0.4, -0.2) is 46.9 Å². The number of nitrogens with one attached hydrogen (secondary N) is 1. The zero-order valence-corrected chi connectivity index (χ0v) is 19.1. The van der Waals surface area contributed by atoms with Crippen LogP contribution in [0.15, 0.2) is 17.2 Å². The molecule has 6 nitrogen and oxygen atoms in total. The number of amides is 1. The SMILES string of the molecule is CCSc1nc(N2CC[C@H](CC(=O)O)C2)ccc1C(=O)NC1C2CC3CC(C2)CC1C3. The summed E-state index contributed by atoms with van der Waals surface area (Å²) in [4.78, 5) is 31.3. The van der Waals surface area contributed by atoms with Crippen LogP contribution in [0.3, 0.4) is 0 Å². The summed E-state index contributed by atoms with van der Waals surface area (Å²) in [6.07, 6.45) is 7.66. The quantitative estimate of drug-likeness (QED) is 0.619. The Bertz CT molecular complexity index is 832. The normalized spacial score (nSPS) is 33.6. The van der Waals surface area contributed by atoms with Gasteiger partial charge in [0.25, 0.3) is 5.91 Å². The average Bonchev–Trinajstić information content (AvgIpc) is 3.18. The molecule has 1 atom stereocenters. The van der Waals surface area contributed by atoms with Gasteiger partial charge in [0.1, 0.15) is 10.8 Å². The van der Waals surface area contributed by atoms with Crippen LogP contribution >= 0.6 is 11.8 Å². The maximum atomic E-state index is 13.3. The fraction of sp³-hybridized carbons (Fsp3) is 0.708. The molecule has 31 heavy (non-hydrogen) atoms. The van der Waals surface area contributed by atoms with Crippen molar-refractivity contribution in [1.29, 1.82) is 0 Å². The summed E-state index contributed by atoms with van der Waals surface area (Å²) in [5, 5.41) is 13.3. The molecule has 0 spiro atoms. The van der Waals surface area contributed by atoms with Gasteiger partial charge >= 0.3 is 5.97 Å². The molecule has 1 amide bonds. The first kappa shape index (κ1) is 21.1. The molecular formula is C24H33N3O3S. The molecule has 1 aromatic rings. The molecule has 2 heterocycles. The van der Waals surface area contributed by atoms with Crippen LogP contribution in [0.2, 0.25) is 0 Å². The van der Waals surface area contributed by atoms with Gasteiger partial charge in [-0.3, -0.25) is 9.59 Å². The van der Waals surface area contributed by atoms with Gasteiger partial charge < -0.3 is 15.3 Å². The van der Waals surface area contributed by atoms with E-state index in [1.165, 1.54) is 32.1 Å². The summed E-state index contributed by atoms with van der Waals surface area (Å²) in [5.41, 5.74) is 0.686. The Morgan fingerprint density at radius 1 is 1.16 bits per heavy atom. The van der Waals surface area contributed by atoms with E-state index in [1.54, 1.807) is 11.8 Å². The smallest absolute Gasteiger partial charge is 0.303 e. The van der Waals surface area contributed by atoms with E-state index in [4.69, 9.17) is 10.1 Å². The predicted molar refractivity (Wildman–Crippen MR) is 122 cm³/mol. The first-order valence-electron chi connectivity index (χ1n) is 11.9. The van der Waals surface area contributed by atoms with Gasteiger partial charge in [0.15, 0.2) is 0 Å². The molecule has 7 heteroatoms. The third-order valence-corrected chi connectivity index (χ3v) is 8.84. The summed E-state index contributed by atoms with van der Waals surface area (Å²) >= 11 is 1.61. The van der Waals surface area contributed by atoms with E-state index in [1.807, 2.05) is 12.1 Å². The van der Waals surface area contributed by atoms with Crippen LogP contribution < -0.4 is 10.2 Å². The lowest BCUT2D eigenvalue weighted by Gasteiger charge is -2.54. The second-order valence-electron chi connectivity index (χ2n) is 10.1. The van der Waals surface area contributed by atoms with Gasteiger partial charge in [-0.1, -0.05) is 6.92 Å². The third-order valence-electron chi connectivity index (χ3n) is 7.97. The monoisotopic (exact) mass is 443 g/mol. The maximum Gasteiger partial charge on any atom is 0.303 e. The first-order chi connectivity index (χ1) is 15.0. The number of pyridine rings is 1. The summed E-state index contributed by atoms with van der Waals surface area (Å²) in [6, 6.07) is 4.19. The number of carboxylic acid groups (broad SMARTS) is 1. The number of carboxylic acids is 1. The molecule has 6 rings (SSSR count). The Morgan fingerprint density at radius 3 is 2.52 bits per heavy atom. The highest BCUT2D eigenvalue weighted by Crippen LogP contribution is 2.53. The van der Waals surface area contributed by atoms with Crippen LogP contribution in [-0.2, 0) is 4.79 Å². The zero-order valence-electron chi connectivity index (χ0n) is 18.3. The molecule has 4 saturated carbocycles. The van der Waals surface area contributed by atoms with Crippen LogP contribution in [0.1, 0.15) is 62.2 Å². The highest BCUT2D eigenvalue weighted by Gasteiger charge is 2.48. The van der Waals surface area contributed by atoms with Crippen molar-refractivity contribution in [3.63, 3.8) is 0 Å². The molecule has 4 bridgehead atoms. The van der Waals surface area contributed by atoms with Gasteiger partial charge in [0.2, 0.25) is 0 Å². The number of thioether (sulfide) groups is 1. The summed E-state index contributed by atoms with van der Waals surface area (Å²) in [7, 11) is 0. The largest absolute Gasteiger partial charge is 0.481 e. The lowest BCUT2D eigenvalue weighted by molar-refractivity contribution is -0.137. The molecule has 5 fully saturated rings. The van der Waals surface area contributed by atoms with Gasteiger partial charge in [-0.15, -0.1) is 11.8 Å². The van der Waals surface area contributed by atoms with Crippen LogP contribution in [0.4, 0.5) is 5.82 Å². The van der Waals surface area contributed by atoms with E-state index in [2.05, 4.69) is 17.1 Å². The van der Waals surface area contributed by atoms with Crippen molar-refractivity contribution in [3.8, 4) is 0 Å². The van der Waals surface area contributed by atoms with E-state index < -0.39 is 5.97 Å². The maximum absolute atomic E-state index is 13.3. The van der Waals surface area contributed by atoms with E-state index >= 15 is 0 Å². The molecular weight excluding hydrogens is 410 g/mol. The second kappa shape index (κ2) is 8.64. The predicted octanol–water partition coefficient (Wildman–Crippen LogP) is 4.05. The first-order valence-corrected chi connectivity index (χ1v) is 12.9. The average molecular weight is 444 g/mol. The number of aliphatic carboxylic acids is 1. The molecule has 0 radical (unpaired) electrons. The molecule has 1 aliphatic heterocycles. The minimum absolute atomic E-state index is 0.0256. The minimum Gasteiger partial charge on any atom is -0.481 e. The zero-order chi connectivity index (χ0) is 21.5. The Morgan fingerprint density at radius 2 is 1.87 bits per heavy atom. The highest BCUT2D eigenvalue weighted by atomic mass is 32.2. The molecule has 168 valence electrons. The number of hydrogen-bond donors (Lipinski definition) is 2. The Hall–Kier alpha value is -1.76. The standard InChI is InChI=1S/C24H33N3O3S/c1-2-31-24-19(3-4-20(25-24)27-6-5-14(13-27)12-21(28)29)23(30)26-22-17-8-15-7-16(10-17)11-18(22)9-15/h3-4,14-18,22H,2,5-13H2,1H3,(H,26,30)(H,28,29)/t14-,15?,16?,17?,18?,22?/m1/s1. The van der Waals surface area contributed by atoms with E-state index in [9.17, 15) is 9.59 Å². The van der Waals surface area contributed by atoms with Crippen molar-refractivity contribution in [2.24, 2.45) is 29.6 Å². The van der Waals surface area contributed by atoms with Gasteiger partial charge in [-0.2, -0.15) is 0 Å². The van der Waals surface area contributed by atoms with Crippen molar-refractivity contribution >= 4 is 29.5 Å². The molecule has 0 aromatic carbocycles. The fourth-order valence-electron chi connectivity index (χ4n) is 6.87. The highest BCUT2D eigenvalue weighted by molar-refractivity contribution is 7.99. The van der Waals surface area contributed by atoms with Crippen molar-refractivity contribution in [1.82, 2.24) is 10.3 Å². The van der Waals surface area contributed by atoms with Crippen molar-refractivity contribution in [3.05, 3.63) is 17.7 Å². The number of aromatic nitrogens is 1. The molecule has 4 aliphatic carbocycles. The fourth-order valence-corrected chi connectivity index (χ4v) is 7.62. The Balaban J connectivity index is 1.30. The topological polar surface area (TPSA) is 82.5 Å². The summed E-state index contributed by atoms with van der Waals surface area (Å²) in [5.74, 6) is 4.28. The molecule has 0 unspecified atom stereocenters. The van der Waals surface area contributed by atoms with Gasteiger partial charge in [0.05, 0.1) is 5.56 Å². The van der Waals surface area contributed by atoms with Crippen molar-refractivity contribution in [2.75, 3.05) is 23.7 Å². The van der Waals surface area contributed by atoms with Crippen LogP contribution in [0.5, 0.6) is 0 Å². The number of hydrogen-bond acceptors (Lipinski definition) is 5. The Labute approximate surface area is 188 Å². The molecule has 1 aromatic heterocycles. The van der Waals surface area contributed by atoms with E-state index in [0.717, 1.165) is 47.9 Å². The number of carbonyl (C=O) groups excluding carboxylic acids is 1. The molecule has 1 saturated heterocycles. The summed E-state index contributed by atoms with van der Waals surface area (Å²) < 4.78 is 0.